The van der Waals surface area contributed by atoms with Crippen LogP contribution >= 0.6 is 0 Å². The Labute approximate surface area is 90.6 Å². The van der Waals surface area contributed by atoms with Gasteiger partial charge in [-0.1, -0.05) is 25.1 Å². The fourth-order valence-corrected chi connectivity index (χ4v) is 1.59. The molecule has 1 aromatic rings. The normalized spacial score (nSPS) is 14.0. The number of allylic oxidation sites excluding steroid dienone is 1. The van der Waals surface area contributed by atoms with Crippen molar-refractivity contribution < 1.29 is 9.53 Å². The maximum absolute atomic E-state index is 10.8. The second-order valence-corrected chi connectivity index (χ2v) is 3.53. The Kier molecular flexibility index (Phi) is 4.10. The summed E-state index contributed by atoms with van der Waals surface area (Å²) in [6.45, 7) is 5.65. The van der Waals surface area contributed by atoms with E-state index in [0.29, 0.717) is 0 Å². The van der Waals surface area contributed by atoms with Gasteiger partial charge >= 0.3 is 0 Å². The highest BCUT2D eigenvalue weighted by molar-refractivity contribution is 5.56. The molecular weight excluding hydrogens is 188 g/mol. The number of hydrogen-bond acceptors (Lipinski definition) is 2. The number of hydrogen-bond donors (Lipinski definition) is 0. The molecule has 0 aliphatic carbocycles. The Balaban J connectivity index is 3.00. The van der Waals surface area contributed by atoms with Gasteiger partial charge in [0.1, 0.15) is 12.0 Å². The van der Waals surface area contributed by atoms with E-state index >= 15 is 0 Å². The highest BCUT2D eigenvalue weighted by atomic mass is 16.5. The summed E-state index contributed by atoms with van der Waals surface area (Å²) in [6.07, 6.45) is 2.75. The number of benzene rings is 1. The molecule has 0 aliphatic heterocycles. The van der Waals surface area contributed by atoms with E-state index in [9.17, 15) is 4.79 Å². The largest absolute Gasteiger partial charge is 0.497 e. The van der Waals surface area contributed by atoms with Crippen molar-refractivity contribution in [1.29, 1.82) is 0 Å². The van der Waals surface area contributed by atoms with Crippen LogP contribution in [0.4, 0.5) is 0 Å². The third kappa shape index (κ3) is 2.69. The van der Waals surface area contributed by atoms with Gasteiger partial charge in [0.2, 0.25) is 0 Å². The molecule has 2 heteroatoms. The minimum absolute atomic E-state index is 0.0533. The smallest absolute Gasteiger partial charge is 0.123 e. The molecule has 0 bridgehead atoms. The van der Waals surface area contributed by atoms with Crippen molar-refractivity contribution in [3.63, 3.8) is 0 Å². The highest BCUT2D eigenvalue weighted by Crippen LogP contribution is 2.27. The zero-order valence-corrected chi connectivity index (χ0v) is 9.14. The van der Waals surface area contributed by atoms with Crippen molar-refractivity contribution >= 4 is 6.29 Å². The summed E-state index contributed by atoms with van der Waals surface area (Å²) in [5, 5.41) is 0. The predicted octanol–water partition coefficient (Wildman–Crippen LogP) is 2.80. The molecule has 0 heterocycles. The molecule has 2 nitrogen and oxygen atoms in total. The zero-order valence-electron chi connectivity index (χ0n) is 9.14. The van der Waals surface area contributed by atoms with Crippen LogP contribution in [0.5, 0.6) is 5.75 Å². The predicted molar refractivity (Wildman–Crippen MR) is 61.2 cm³/mol. The van der Waals surface area contributed by atoms with E-state index in [-0.39, 0.29) is 11.8 Å². The molecule has 80 valence electrons. The number of rotatable bonds is 5. The van der Waals surface area contributed by atoms with Crippen LogP contribution in [0.3, 0.4) is 0 Å². The SMILES string of the molecule is C=CC(c1cccc(OC)c1)C(C)C=O. The second kappa shape index (κ2) is 5.35. The molecular formula is C13H16O2. The van der Waals surface area contributed by atoms with E-state index in [1.54, 1.807) is 13.2 Å². The average Bonchev–Trinajstić information content (AvgIpc) is 2.30. The molecule has 0 saturated carbocycles. The Morgan fingerprint density at radius 3 is 2.73 bits per heavy atom. The van der Waals surface area contributed by atoms with Crippen LogP contribution in [0.2, 0.25) is 0 Å². The van der Waals surface area contributed by atoms with Crippen LogP contribution in [0.1, 0.15) is 18.4 Å². The molecule has 0 aromatic heterocycles. The molecule has 0 aliphatic rings. The average molecular weight is 204 g/mol. The Morgan fingerprint density at radius 1 is 1.47 bits per heavy atom. The molecule has 0 saturated heterocycles. The molecule has 15 heavy (non-hydrogen) atoms. The summed E-state index contributed by atoms with van der Waals surface area (Å²) in [5.74, 6) is 0.796. The number of carbonyl (C=O) groups excluding carboxylic acids is 1. The van der Waals surface area contributed by atoms with Crippen molar-refractivity contribution in [2.45, 2.75) is 12.8 Å². The first kappa shape index (κ1) is 11.5. The first-order valence-corrected chi connectivity index (χ1v) is 4.94. The fraction of sp³-hybridized carbons (Fsp3) is 0.308. The molecule has 0 radical (unpaired) electrons. The van der Waals surface area contributed by atoms with Gasteiger partial charge in [-0.2, -0.15) is 0 Å². The minimum atomic E-state index is -0.0605. The molecule has 1 aromatic carbocycles. The topological polar surface area (TPSA) is 26.3 Å². The molecule has 2 unspecified atom stereocenters. The van der Waals surface area contributed by atoms with Crippen molar-refractivity contribution in [2.75, 3.05) is 7.11 Å². The van der Waals surface area contributed by atoms with Gasteiger partial charge in [0.05, 0.1) is 7.11 Å². The second-order valence-electron chi connectivity index (χ2n) is 3.53. The maximum Gasteiger partial charge on any atom is 0.123 e. The van der Waals surface area contributed by atoms with Crippen LogP contribution in [-0.2, 0) is 4.79 Å². The number of aldehydes is 1. The molecule has 0 amide bonds. The standard InChI is InChI=1S/C13H16O2/c1-4-13(10(2)9-14)11-6-5-7-12(8-11)15-3/h4-10,13H,1H2,2-3H3. The Hall–Kier alpha value is -1.57. The lowest BCUT2D eigenvalue weighted by Gasteiger charge is -2.16. The van der Waals surface area contributed by atoms with Gasteiger partial charge in [-0.05, 0) is 17.7 Å². The van der Waals surface area contributed by atoms with Crippen LogP contribution in [-0.4, -0.2) is 13.4 Å². The Bertz CT molecular complexity index is 344. The summed E-state index contributed by atoms with van der Waals surface area (Å²) in [7, 11) is 1.63. The number of carbonyl (C=O) groups is 1. The lowest BCUT2D eigenvalue weighted by Crippen LogP contribution is -2.08. The first-order valence-electron chi connectivity index (χ1n) is 4.94. The molecule has 2 atom stereocenters. The molecule has 0 spiro atoms. The third-order valence-electron chi connectivity index (χ3n) is 2.51. The summed E-state index contributed by atoms with van der Waals surface area (Å²) in [5.41, 5.74) is 1.06. The van der Waals surface area contributed by atoms with E-state index in [1.807, 2.05) is 31.2 Å². The molecule has 1 rings (SSSR count). The molecule has 0 N–H and O–H groups in total. The summed E-state index contributed by atoms with van der Waals surface area (Å²) < 4.78 is 5.14. The maximum atomic E-state index is 10.8. The highest BCUT2D eigenvalue weighted by Gasteiger charge is 2.15. The van der Waals surface area contributed by atoms with Crippen molar-refractivity contribution in [1.82, 2.24) is 0 Å². The number of ether oxygens (including phenoxy) is 1. The van der Waals surface area contributed by atoms with E-state index in [1.165, 1.54) is 0 Å². The van der Waals surface area contributed by atoms with E-state index in [2.05, 4.69) is 6.58 Å². The van der Waals surface area contributed by atoms with Gasteiger partial charge in [0, 0.05) is 11.8 Å². The third-order valence-corrected chi connectivity index (χ3v) is 2.51. The van der Waals surface area contributed by atoms with Gasteiger partial charge in [0.25, 0.3) is 0 Å². The van der Waals surface area contributed by atoms with Crippen LogP contribution in [0, 0.1) is 5.92 Å². The van der Waals surface area contributed by atoms with Gasteiger partial charge in [-0.15, -0.1) is 6.58 Å². The van der Waals surface area contributed by atoms with Gasteiger partial charge in [0.15, 0.2) is 0 Å². The van der Waals surface area contributed by atoms with Crippen molar-refractivity contribution in [3.8, 4) is 5.75 Å². The van der Waals surface area contributed by atoms with Crippen molar-refractivity contribution in [2.24, 2.45) is 5.92 Å². The van der Waals surface area contributed by atoms with E-state index < -0.39 is 0 Å². The summed E-state index contributed by atoms with van der Waals surface area (Å²) >= 11 is 0. The van der Waals surface area contributed by atoms with E-state index in [0.717, 1.165) is 17.6 Å². The van der Waals surface area contributed by atoms with Crippen LogP contribution in [0.25, 0.3) is 0 Å². The van der Waals surface area contributed by atoms with Gasteiger partial charge in [-0.3, -0.25) is 0 Å². The van der Waals surface area contributed by atoms with E-state index in [4.69, 9.17) is 4.74 Å². The monoisotopic (exact) mass is 204 g/mol. The summed E-state index contributed by atoms with van der Waals surface area (Å²) in [6, 6.07) is 7.72. The summed E-state index contributed by atoms with van der Waals surface area (Å²) in [4.78, 5) is 10.8. The fourth-order valence-electron chi connectivity index (χ4n) is 1.59. The molecule has 0 fully saturated rings. The first-order chi connectivity index (χ1) is 7.22. The quantitative estimate of drug-likeness (QED) is 0.544. The number of methoxy groups -OCH3 is 1. The minimum Gasteiger partial charge on any atom is -0.497 e. The van der Waals surface area contributed by atoms with Crippen molar-refractivity contribution in [3.05, 3.63) is 42.5 Å². The van der Waals surface area contributed by atoms with Gasteiger partial charge in [-0.25, -0.2) is 0 Å². The van der Waals surface area contributed by atoms with Gasteiger partial charge < -0.3 is 9.53 Å². The Morgan fingerprint density at radius 2 is 2.20 bits per heavy atom. The van der Waals surface area contributed by atoms with Crippen LogP contribution < -0.4 is 4.74 Å². The zero-order chi connectivity index (χ0) is 11.3. The lowest BCUT2D eigenvalue weighted by molar-refractivity contribution is -0.110. The lowest BCUT2D eigenvalue weighted by atomic mass is 9.88. The van der Waals surface area contributed by atoms with Crippen LogP contribution in [0.15, 0.2) is 36.9 Å².